The smallest absolute Gasteiger partial charge is 0.0927 e. The second-order valence-electron chi connectivity index (χ2n) is 2.14. The maximum absolute atomic E-state index is 9.06. The largest absolute Gasteiger partial charge is 0.387 e. The Hall–Kier alpha value is -0.630. The zero-order valence-electron chi connectivity index (χ0n) is 6.83. The molecule has 0 aliphatic carbocycles. The minimum atomic E-state index is -0.451. The average molecular weight is 141 g/mol. The van der Waals surface area contributed by atoms with Crippen LogP contribution < -0.4 is 0 Å². The normalized spacial score (nSPS) is 16.2. The van der Waals surface area contributed by atoms with E-state index in [0.29, 0.717) is 0 Å². The molecule has 0 aliphatic heterocycles. The Labute approximate surface area is 62.3 Å². The van der Waals surface area contributed by atoms with Crippen molar-refractivity contribution in [3.05, 3.63) is 12.2 Å². The van der Waals surface area contributed by atoms with Crippen LogP contribution >= 0.6 is 0 Å². The Morgan fingerprint density at radius 2 is 2.30 bits per heavy atom. The van der Waals surface area contributed by atoms with Crippen LogP contribution in [0.1, 0.15) is 20.3 Å². The average Bonchev–Trinajstić information content (AvgIpc) is 1.89. The molecule has 1 unspecified atom stereocenters. The van der Waals surface area contributed by atoms with E-state index in [9.17, 15) is 0 Å². The first-order chi connectivity index (χ1) is 4.72. The van der Waals surface area contributed by atoms with E-state index in [1.165, 1.54) is 0 Å². The van der Waals surface area contributed by atoms with Crippen molar-refractivity contribution in [2.75, 3.05) is 7.05 Å². The number of aliphatic imine (C=N–C) groups is 1. The van der Waals surface area contributed by atoms with Crippen LogP contribution in [0.15, 0.2) is 17.1 Å². The molecule has 0 radical (unpaired) electrons. The highest BCUT2D eigenvalue weighted by Gasteiger charge is 1.98. The maximum Gasteiger partial charge on any atom is 0.0927 e. The summed E-state index contributed by atoms with van der Waals surface area (Å²) in [5.74, 6) is 0. The van der Waals surface area contributed by atoms with Crippen molar-refractivity contribution in [2.24, 2.45) is 4.99 Å². The van der Waals surface area contributed by atoms with E-state index >= 15 is 0 Å². The highest BCUT2D eigenvalue weighted by Crippen LogP contribution is 1.90. The second kappa shape index (κ2) is 5.18. The highest BCUT2D eigenvalue weighted by atomic mass is 16.3. The van der Waals surface area contributed by atoms with Gasteiger partial charge in [0.05, 0.1) is 11.8 Å². The van der Waals surface area contributed by atoms with Crippen LogP contribution in [0.2, 0.25) is 0 Å². The minimum absolute atomic E-state index is 0.451. The molecular formula is C8H15NO. The molecule has 0 spiro atoms. The zero-order chi connectivity index (χ0) is 7.98. The summed E-state index contributed by atoms with van der Waals surface area (Å²) in [6.07, 6.45) is 4.36. The first kappa shape index (κ1) is 9.37. The van der Waals surface area contributed by atoms with Gasteiger partial charge in [-0.15, -0.1) is 0 Å². The Morgan fingerprint density at radius 3 is 2.60 bits per heavy atom. The van der Waals surface area contributed by atoms with Crippen molar-refractivity contribution in [3.8, 4) is 0 Å². The predicted octanol–water partition coefficient (Wildman–Crippen LogP) is 1.40. The van der Waals surface area contributed by atoms with Crippen LogP contribution in [0.3, 0.4) is 0 Å². The van der Waals surface area contributed by atoms with E-state index in [1.807, 2.05) is 19.1 Å². The van der Waals surface area contributed by atoms with Gasteiger partial charge in [0.25, 0.3) is 0 Å². The van der Waals surface area contributed by atoms with Gasteiger partial charge in [-0.3, -0.25) is 4.99 Å². The van der Waals surface area contributed by atoms with Crippen LogP contribution in [0.5, 0.6) is 0 Å². The molecule has 0 saturated carbocycles. The van der Waals surface area contributed by atoms with Crippen molar-refractivity contribution in [1.29, 1.82) is 0 Å². The molecule has 2 nitrogen and oxygen atoms in total. The Bertz CT molecular complexity index is 136. The molecule has 1 atom stereocenters. The summed E-state index contributed by atoms with van der Waals surface area (Å²) >= 11 is 0. The Balaban J connectivity index is 3.98. The van der Waals surface area contributed by atoms with Crippen molar-refractivity contribution in [1.82, 2.24) is 0 Å². The van der Waals surface area contributed by atoms with Crippen LogP contribution in [-0.2, 0) is 0 Å². The van der Waals surface area contributed by atoms with Gasteiger partial charge in [0, 0.05) is 7.05 Å². The summed E-state index contributed by atoms with van der Waals surface area (Å²) in [5, 5.41) is 9.06. The van der Waals surface area contributed by atoms with Gasteiger partial charge in [0.1, 0.15) is 0 Å². The first-order valence-corrected chi connectivity index (χ1v) is 3.53. The number of hydrogen-bond acceptors (Lipinski definition) is 2. The van der Waals surface area contributed by atoms with Crippen molar-refractivity contribution in [3.63, 3.8) is 0 Å². The first-order valence-electron chi connectivity index (χ1n) is 3.53. The van der Waals surface area contributed by atoms with Gasteiger partial charge in [-0.1, -0.05) is 13.0 Å². The highest BCUT2D eigenvalue weighted by molar-refractivity contribution is 5.97. The van der Waals surface area contributed by atoms with E-state index in [2.05, 4.69) is 4.99 Å². The number of aliphatic hydroxyl groups is 1. The molecule has 10 heavy (non-hydrogen) atoms. The molecular weight excluding hydrogens is 126 g/mol. The molecule has 0 aromatic carbocycles. The van der Waals surface area contributed by atoms with Crippen LogP contribution in [0.4, 0.5) is 0 Å². The third-order valence-electron chi connectivity index (χ3n) is 1.21. The van der Waals surface area contributed by atoms with E-state index < -0.39 is 6.10 Å². The molecule has 58 valence electrons. The van der Waals surface area contributed by atoms with Gasteiger partial charge in [0.15, 0.2) is 0 Å². The monoisotopic (exact) mass is 141 g/mol. The summed E-state index contributed by atoms with van der Waals surface area (Å²) in [4.78, 5) is 3.90. The van der Waals surface area contributed by atoms with Gasteiger partial charge < -0.3 is 5.11 Å². The summed E-state index contributed by atoms with van der Waals surface area (Å²) in [6.45, 7) is 3.76. The number of hydrogen-bond donors (Lipinski definition) is 1. The van der Waals surface area contributed by atoms with Crippen molar-refractivity contribution >= 4 is 5.71 Å². The lowest BCUT2D eigenvalue weighted by Crippen LogP contribution is -2.13. The zero-order valence-corrected chi connectivity index (χ0v) is 6.83. The molecule has 0 rings (SSSR count). The van der Waals surface area contributed by atoms with Gasteiger partial charge in [-0.05, 0) is 19.4 Å². The molecule has 0 bridgehead atoms. The van der Waals surface area contributed by atoms with Crippen LogP contribution in [-0.4, -0.2) is 24.0 Å². The SMILES string of the molecule is CC/C=C\C(=NC)C(C)O. The van der Waals surface area contributed by atoms with E-state index in [-0.39, 0.29) is 0 Å². The number of aliphatic hydroxyl groups excluding tert-OH is 1. The lowest BCUT2D eigenvalue weighted by atomic mass is 10.2. The molecule has 1 N–H and O–H groups in total. The molecule has 0 aromatic heterocycles. The van der Waals surface area contributed by atoms with Gasteiger partial charge in [0.2, 0.25) is 0 Å². The third-order valence-corrected chi connectivity index (χ3v) is 1.21. The van der Waals surface area contributed by atoms with Gasteiger partial charge in [-0.2, -0.15) is 0 Å². The minimum Gasteiger partial charge on any atom is -0.387 e. The fraction of sp³-hybridized carbons (Fsp3) is 0.625. The number of nitrogens with zero attached hydrogens (tertiary/aromatic N) is 1. The lowest BCUT2D eigenvalue weighted by molar-refractivity contribution is 0.263. The molecule has 0 saturated heterocycles. The fourth-order valence-electron chi connectivity index (χ4n) is 0.639. The molecule has 0 aromatic rings. The van der Waals surface area contributed by atoms with Crippen LogP contribution in [0, 0.1) is 0 Å². The standard InChI is InChI=1S/C8H15NO/c1-4-5-6-8(9-3)7(2)10/h5-7,10H,4H2,1-3H3/b6-5-,9-8?. The topological polar surface area (TPSA) is 32.6 Å². The molecule has 0 amide bonds. The summed E-state index contributed by atoms with van der Waals surface area (Å²) in [5.41, 5.74) is 0.738. The summed E-state index contributed by atoms with van der Waals surface area (Å²) in [6, 6.07) is 0. The van der Waals surface area contributed by atoms with Crippen molar-refractivity contribution < 1.29 is 5.11 Å². The van der Waals surface area contributed by atoms with Gasteiger partial charge in [-0.25, -0.2) is 0 Å². The molecule has 0 aliphatic rings. The van der Waals surface area contributed by atoms with E-state index in [0.717, 1.165) is 12.1 Å². The number of allylic oxidation sites excluding steroid dienone is 1. The van der Waals surface area contributed by atoms with Crippen molar-refractivity contribution in [2.45, 2.75) is 26.4 Å². The predicted molar refractivity (Wildman–Crippen MR) is 44.5 cm³/mol. The van der Waals surface area contributed by atoms with Crippen LogP contribution in [0.25, 0.3) is 0 Å². The van der Waals surface area contributed by atoms with E-state index in [4.69, 9.17) is 5.11 Å². The molecule has 2 heteroatoms. The molecule has 0 fully saturated rings. The number of rotatable bonds is 3. The fourth-order valence-corrected chi connectivity index (χ4v) is 0.639. The summed E-state index contributed by atoms with van der Waals surface area (Å²) < 4.78 is 0. The Kier molecular flexibility index (Phi) is 4.85. The maximum atomic E-state index is 9.06. The third kappa shape index (κ3) is 3.41. The second-order valence-corrected chi connectivity index (χ2v) is 2.14. The quantitative estimate of drug-likeness (QED) is 0.592. The van der Waals surface area contributed by atoms with E-state index in [1.54, 1.807) is 14.0 Å². The molecule has 0 heterocycles. The van der Waals surface area contributed by atoms with Gasteiger partial charge >= 0.3 is 0 Å². The summed E-state index contributed by atoms with van der Waals surface area (Å²) in [7, 11) is 1.68. The lowest BCUT2D eigenvalue weighted by Gasteiger charge is -2.01. The Morgan fingerprint density at radius 1 is 1.70 bits per heavy atom.